The molecule has 0 aromatic heterocycles. The Morgan fingerprint density at radius 2 is 2.08 bits per heavy atom. The predicted molar refractivity (Wildman–Crippen MR) is 96.1 cm³/mol. The number of ether oxygens (including phenoxy) is 2. The summed E-state index contributed by atoms with van der Waals surface area (Å²) in [5.74, 6) is 1.51. The number of piperidine rings is 1. The van der Waals surface area contributed by atoms with Crippen molar-refractivity contribution >= 4 is 11.8 Å². The van der Waals surface area contributed by atoms with Gasteiger partial charge in [0.05, 0.1) is 19.8 Å². The van der Waals surface area contributed by atoms with Crippen LogP contribution in [0, 0.1) is 5.92 Å². The maximum atomic E-state index is 12.9. The molecule has 2 rings (SSSR count). The first-order valence-corrected chi connectivity index (χ1v) is 8.87. The van der Waals surface area contributed by atoms with Gasteiger partial charge in [-0.25, -0.2) is 0 Å². The molecule has 0 saturated carbocycles. The summed E-state index contributed by atoms with van der Waals surface area (Å²) in [5.41, 5.74) is 0.541. The monoisotopic (exact) mass is 348 g/mol. The van der Waals surface area contributed by atoms with Gasteiger partial charge in [0.15, 0.2) is 0 Å². The number of carbonyl (C=O) groups excluding carboxylic acids is 2. The number of nitrogens with one attached hydrogen (secondary N) is 1. The average Bonchev–Trinajstić information content (AvgIpc) is 2.65. The van der Waals surface area contributed by atoms with Gasteiger partial charge in [0.25, 0.3) is 5.91 Å². The maximum absolute atomic E-state index is 12.9. The van der Waals surface area contributed by atoms with E-state index in [4.69, 9.17) is 9.47 Å². The summed E-state index contributed by atoms with van der Waals surface area (Å²) < 4.78 is 10.5. The molecule has 25 heavy (non-hydrogen) atoms. The molecule has 138 valence electrons. The van der Waals surface area contributed by atoms with Crippen LogP contribution in [0.1, 0.15) is 43.0 Å². The average molecular weight is 348 g/mol. The first kappa shape index (κ1) is 19.1. The minimum absolute atomic E-state index is 0.0379. The smallest absolute Gasteiger partial charge is 0.257 e. The highest BCUT2D eigenvalue weighted by molar-refractivity contribution is 5.97. The minimum Gasteiger partial charge on any atom is -0.497 e. The quantitative estimate of drug-likeness (QED) is 0.822. The number of methoxy groups -OCH3 is 2. The van der Waals surface area contributed by atoms with Crippen molar-refractivity contribution in [2.75, 3.05) is 33.9 Å². The number of carbonyl (C=O) groups is 2. The Bertz CT molecular complexity index is 603. The van der Waals surface area contributed by atoms with E-state index in [1.165, 1.54) is 0 Å². The van der Waals surface area contributed by atoms with Crippen molar-refractivity contribution < 1.29 is 19.1 Å². The highest BCUT2D eigenvalue weighted by atomic mass is 16.5. The van der Waals surface area contributed by atoms with Crippen LogP contribution in [-0.2, 0) is 4.79 Å². The lowest BCUT2D eigenvalue weighted by atomic mass is 9.97. The van der Waals surface area contributed by atoms with Gasteiger partial charge in [-0.05, 0) is 37.3 Å². The Morgan fingerprint density at radius 3 is 2.76 bits per heavy atom. The first-order chi connectivity index (χ1) is 12.1. The zero-order valence-corrected chi connectivity index (χ0v) is 15.3. The van der Waals surface area contributed by atoms with Crippen molar-refractivity contribution in [2.24, 2.45) is 5.92 Å². The van der Waals surface area contributed by atoms with E-state index in [0.717, 1.165) is 25.8 Å². The van der Waals surface area contributed by atoms with Crippen LogP contribution in [0.3, 0.4) is 0 Å². The second kappa shape index (κ2) is 9.30. The Morgan fingerprint density at radius 1 is 1.28 bits per heavy atom. The molecule has 1 aromatic rings. The Hall–Kier alpha value is -2.24. The summed E-state index contributed by atoms with van der Waals surface area (Å²) in [6.45, 7) is 4.00. The fraction of sp³-hybridized carbons (Fsp3) is 0.579. The predicted octanol–water partition coefficient (Wildman–Crippen LogP) is 2.47. The lowest BCUT2D eigenvalue weighted by Gasteiger charge is -2.33. The normalized spacial score (nSPS) is 17.1. The van der Waals surface area contributed by atoms with E-state index in [2.05, 4.69) is 5.32 Å². The highest BCUT2D eigenvalue weighted by Gasteiger charge is 2.26. The van der Waals surface area contributed by atoms with E-state index in [1.54, 1.807) is 32.4 Å². The van der Waals surface area contributed by atoms with Crippen LogP contribution in [-0.4, -0.2) is 50.6 Å². The molecule has 0 bridgehead atoms. The largest absolute Gasteiger partial charge is 0.497 e. The van der Waals surface area contributed by atoms with Crippen molar-refractivity contribution in [1.29, 1.82) is 0 Å². The lowest BCUT2D eigenvalue weighted by Crippen LogP contribution is -2.43. The molecule has 0 spiro atoms. The van der Waals surface area contributed by atoms with Gasteiger partial charge in [-0.1, -0.05) is 6.92 Å². The number of hydrogen-bond acceptors (Lipinski definition) is 4. The lowest BCUT2D eigenvalue weighted by molar-refractivity contribution is -0.121. The summed E-state index contributed by atoms with van der Waals surface area (Å²) in [7, 11) is 3.13. The summed E-state index contributed by atoms with van der Waals surface area (Å²) >= 11 is 0. The van der Waals surface area contributed by atoms with Crippen LogP contribution in [0.5, 0.6) is 11.5 Å². The summed E-state index contributed by atoms with van der Waals surface area (Å²) in [6.07, 6.45) is 3.37. The third kappa shape index (κ3) is 5.11. The molecule has 1 heterocycles. The molecule has 1 aromatic carbocycles. The summed E-state index contributed by atoms with van der Waals surface area (Å²) in [4.78, 5) is 26.4. The fourth-order valence-corrected chi connectivity index (χ4v) is 3.14. The number of nitrogens with zero attached hydrogens (tertiary/aromatic N) is 1. The van der Waals surface area contributed by atoms with E-state index < -0.39 is 0 Å². The van der Waals surface area contributed by atoms with Gasteiger partial charge in [0, 0.05) is 32.1 Å². The van der Waals surface area contributed by atoms with E-state index >= 15 is 0 Å². The van der Waals surface area contributed by atoms with Gasteiger partial charge in [-0.2, -0.15) is 0 Å². The van der Waals surface area contributed by atoms with Crippen molar-refractivity contribution in [3.05, 3.63) is 23.8 Å². The molecule has 1 atom stereocenters. The molecule has 1 fully saturated rings. The highest BCUT2D eigenvalue weighted by Crippen LogP contribution is 2.27. The van der Waals surface area contributed by atoms with Crippen LogP contribution in [0.15, 0.2) is 18.2 Å². The van der Waals surface area contributed by atoms with Gasteiger partial charge < -0.3 is 19.7 Å². The van der Waals surface area contributed by atoms with Crippen molar-refractivity contribution in [3.8, 4) is 11.5 Å². The van der Waals surface area contributed by atoms with Crippen molar-refractivity contribution in [3.63, 3.8) is 0 Å². The number of benzene rings is 1. The van der Waals surface area contributed by atoms with E-state index in [9.17, 15) is 9.59 Å². The first-order valence-electron chi connectivity index (χ1n) is 8.87. The second-order valence-corrected chi connectivity index (χ2v) is 6.38. The molecule has 0 unspecified atom stereocenters. The zero-order chi connectivity index (χ0) is 18.2. The Balaban J connectivity index is 2.00. The van der Waals surface area contributed by atoms with Crippen molar-refractivity contribution in [2.45, 2.75) is 32.6 Å². The van der Waals surface area contributed by atoms with Crippen LogP contribution < -0.4 is 14.8 Å². The van der Waals surface area contributed by atoms with E-state index in [-0.39, 0.29) is 11.8 Å². The van der Waals surface area contributed by atoms with Gasteiger partial charge >= 0.3 is 0 Å². The summed E-state index contributed by atoms with van der Waals surface area (Å²) in [6, 6.07) is 5.23. The molecule has 1 saturated heterocycles. The summed E-state index contributed by atoms with van der Waals surface area (Å²) in [5, 5.41) is 2.97. The molecule has 1 N–H and O–H groups in total. The molecular formula is C19H28N2O4. The molecule has 0 radical (unpaired) electrons. The van der Waals surface area contributed by atoms with E-state index in [0.29, 0.717) is 42.5 Å². The second-order valence-electron chi connectivity index (χ2n) is 6.38. The topological polar surface area (TPSA) is 67.9 Å². The standard InChI is InChI=1S/C19H28N2O4/c1-4-6-18(22)20-12-14-7-5-10-21(13-14)19(23)16-9-8-15(24-2)11-17(16)25-3/h8-9,11,14H,4-7,10,12-13H2,1-3H3,(H,20,22)/t14-/m0/s1. The third-order valence-electron chi connectivity index (χ3n) is 4.51. The van der Waals surface area contributed by atoms with Crippen molar-refractivity contribution in [1.82, 2.24) is 10.2 Å². The van der Waals surface area contributed by atoms with Crippen LogP contribution in [0.25, 0.3) is 0 Å². The van der Waals surface area contributed by atoms with Crippen LogP contribution in [0.2, 0.25) is 0 Å². The van der Waals surface area contributed by atoms with Gasteiger partial charge in [0.2, 0.25) is 5.91 Å². The van der Waals surface area contributed by atoms with Gasteiger partial charge in [-0.15, -0.1) is 0 Å². The number of hydrogen-bond donors (Lipinski definition) is 1. The molecule has 1 aliphatic heterocycles. The Labute approximate surface area is 149 Å². The number of likely N-dealkylation sites (tertiary alicyclic amines) is 1. The number of amides is 2. The maximum Gasteiger partial charge on any atom is 0.257 e. The van der Waals surface area contributed by atoms with Crippen LogP contribution >= 0.6 is 0 Å². The molecule has 1 aliphatic rings. The fourth-order valence-electron chi connectivity index (χ4n) is 3.14. The van der Waals surface area contributed by atoms with Crippen LogP contribution in [0.4, 0.5) is 0 Å². The molecule has 6 nitrogen and oxygen atoms in total. The third-order valence-corrected chi connectivity index (χ3v) is 4.51. The van der Waals surface area contributed by atoms with Gasteiger partial charge in [0.1, 0.15) is 11.5 Å². The van der Waals surface area contributed by atoms with E-state index in [1.807, 2.05) is 11.8 Å². The molecule has 6 heteroatoms. The molecular weight excluding hydrogens is 320 g/mol. The number of rotatable bonds is 7. The van der Waals surface area contributed by atoms with Gasteiger partial charge in [-0.3, -0.25) is 9.59 Å². The molecule has 0 aliphatic carbocycles. The minimum atomic E-state index is -0.0379. The SMILES string of the molecule is CCCC(=O)NC[C@@H]1CCCN(C(=O)c2ccc(OC)cc2OC)C1. The Kier molecular flexibility index (Phi) is 7.10. The molecule has 2 amide bonds. The zero-order valence-electron chi connectivity index (χ0n) is 15.3.